The topological polar surface area (TPSA) is 74.4 Å². The van der Waals surface area contributed by atoms with Crippen LogP contribution in [-0.2, 0) is 22.6 Å². The van der Waals surface area contributed by atoms with Crippen molar-refractivity contribution in [1.29, 1.82) is 0 Å². The Morgan fingerprint density at radius 3 is 2.39 bits per heavy atom. The number of carbonyl (C=O) groups excluding carboxylic acids is 1. The summed E-state index contributed by atoms with van der Waals surface area (Å²) in [6.07, 6.45) is 3.43. The Balaban J connectivity index is 1.96. The second-order valence-corrected chi connectivity index (χ2v) is 5.66. The van der Waals surface area contributed by atoms with Crippen LogP contribution in [-0.4, -0.2) is 24.1 Å². The van der Waals surface area contributed by atoms with E-state index in [0.29, 0.717) is 27.8 Å². The summed E-state index contributed by atoms with van der Waals surface area (Å²) in [5.74, 6) is 0.219. The number of halogens is 2. The molecule has 0 spiro atoms. The van der Waals surface area contributed by atoms with E-state index in [1.54, 1.807) is 12.1 Å². The number of hydrogen-bond acceptors (Lipinski definition) is 5. The first-order valence-corrected chi connectivity index (χ1v) is 7.60. The van der Waals surface area contributed by atoms with Gasteiger partial charge in [-0.2, -0.15) is 0 Å². The second-order valence-electron chi connectivity index (χ2n) is 4.85. The number of rotatable bonds is 6. The quantitative estimate of drug-likeness (QED) is 0.807. The predicted molar refractivity (Wildman–Crippen MR) is 88.7 cm³/mol. The maximum absolute atomic E-state index is 11.3. The van der Waals surface area contributed by atoms with Crippen molar-refractivity contribution in [2.24, 2.45) is 5.73 Å². The molecule has 2 N–H and O–H groups in total. The number of esters is 1. The van der Waals surface area contributed by atoms with Gasteiger partial charge in [0.25, 0.3) is 0 Å². The van der Waals surface area contributed by atoms with Gasteiger partial charge in [0.2, 0.25) is 0 Å². The molecule has 0 saturated heterocycles. The smallest absolute Gasteiger partial charge is 0.322 e. The number of pyridine rings is 1. The number of ether oxygens (including phenoxy) is 2. The number of nitrogens with zero attached hydrogens (tertiary/aromatic N) is 1. The molecule has 0 amide bonds. The van der Waals surface area contributed by atoms with Crippen LogP contribution < -0.4 is 10.5 Å². The van der Waals surface area contributed by atoms with Crippen molar-refractivity contribution in [1.82, 2.24) is 4.98 Å². The Bertz CT molecular complexity index is 657. The van der Waals surface area contributed by atoms with Crippen molar-refractivity contribution < 1.29 is 14.3 Å². The van der Waals surface area contributed by atoms with Crippen LogP contribution in [0, 0.1) is 0 Å². The zero-order valence-electron chi connectivity index (χ0n) is 12.5. The minimum atomic E-state index is -0.679. The highest BCUT2D eigenvalue weighted by Gasteiger charge is 2.14. The van der Waals surface area contributed by atoms with E-state index >= 15 is 0 Å². The maximum atomic E-state index is 11.3. The van der Waals surface area contributed by atoms with Crippen molar-refractivity contribution in [3.8, 4) is 5.75 Å². The van der Waals surface area contributed by atoms with Crippen LogP contribution in [0.25, 0.3) is 0 Å². The molecule has 1 atom stereocenters. The van der Waals surface area contributed by atoms with Gasteiger partial charge in [-0.15, -0.1) is 0 Å². The molecule has 2 rings (SSSR count). The number of methoxy groups -OCH3 is 1. The summed E-state index contributed by atoms with van der Waals surface area (Å²) in [4.78, 5) is 15.2. The number of carbonyl (C=O) groups is 1. The summed E-state index contributed by atoms with van der Waals surface area (Å²) >= 11 is 12.1. The lowest BCUT2D eigenvalue weighted by molar-refractivity contribution is -0.142. The van der Waals surface area contributed by atoms with Crippen molar-refractivity contribution in [2.75, 3.05) is 7.11 Å². The van der Waals surface area contributed by atoms with Gasteiger partial charge in [-0.05, 0) is 24.1 Å². The Labute approximate surface area is 144 Å². The van der Waals surface area contributed by atoms with Gasteiger partial charge in [-0.3, -0.25) is 9.78 Å². The highest BCUT2D eigenvalue weighted by molar-refractivity contribution is 6.35. The van der Waals surface area contributed by atoms with Crippen molar-refractivity contribution in [3.63, 3.8) is 0 Å². The SMILES string of the molecule is COC(=O)[C@@H](N)Cc1ccc(OCc2c(Cl)cncc2Cl)cc1. The summed E-state index contributed by atoms with van der Waals surface area (Å²) in [5.41, 5.74) is 7.32. The molecule has 1 heterocycles. The molecule has 0 unspecified atom stereocenters. The van der Waals surface area contributed by atoms with E-state index in [4.69, 9.17) is 33.7 Å². The third kappa shape index (κ3) is 4.82. The first-order chi connectivity index (χ1) is 11.0. The van der Waals surface area contributed by atoms with Crippen molar-refractivity contribution in [2.45, 2.75) is 19.1 Å². The molecule has 5 nitrogen and oxygen atoms in total. The highest BCUT2D eigenvalue weighted by atomic mass is 35.5. The Hall–Kier alpha value is -1.82. The average Bonchev–Trinajstić information content (AvgIpc) is 2.55. The van der Waals surface area contributed by atoms with Crippen molar-refractivity contribution >= 4 is 29.2 Å². The Morgan fingerprint density at radius 1 is 1.22 bits per heavy atom. The van der Waals surface area contributed by atoms with Gasteiger partial charge in [0.05, 0.1) is 17.2 Å². The zero-order chi connectivity index (χ0) is 16.8. The van der Waals surface area contributed by atoms with Gasteiger partial charge in [-0.1, -0.05) is 35.3 Å². The fourth-order valence-electron chi connectivity index (χ4n) is 1.94. The van der Waals surface area contributed by atoms with Gasteiger partial charge in [-0.25, -0.2) is 0 Å². The summed E-state index contributed by atoms with van der Waals surface area (Å²) in [7, 11) is 1.31. The van der Waals surface area contributed by atoms with Crippen LogP contribution in [0.2, 0.25) is 10.0 Å². The number of nitrogens with two attached hydrogens (primary N) is 1. The molecule has 0 saturated carbocycles. The van der Waals surface area contributed by atoms with Gasteiger partial charge in [0.1, 0.15) is 18.4 Å². The lowest BCUT2D eigenvalue weighted by Crippen LogP contribution is -2.33. The summed E-state index contributed by atoms with van der Waals surface area (Å²) in [5, 5.41) is 0.913. The van der Waals surface area contributed by atoms with Gasteiger partial charge in [0, 0.05) is 18.0 Å². The van der Waals surface area contributed by atoms with Crippen LogP contribution in [0.4, 0.5) is 0 Å². The maximum Gasteiger partial charge on any atom is 0.322 e. The highest BCUT2D eigenvalue weighted by Crippen LogP contribution is 2.24. The molecule has 2 aromatic rings. The van der Waals surface area contributed by atoms with Crippen LogP contribution in [0.15, 0.2) is 36.7 Å². The fraction of sp³-hybridized carbons (Fsp3) is 0.250. The standard InChI is InChI=1S/C16H16Cl2N2O3/c1-22-16(21)15(19)6-10-2-4-11(5-3-10)23-9-12-13(17)7-20-8-14(12)18/h2-5,7-8,15H,6,9,19H2,1H3/t15-/m0/s1. The molecule has 23 heavy (non-hydrogen) atoms. The second kappa shape index (κ2) is 8.15. The van der Waals surface area contributed by atoms with E-state index in [9.17, 15) is 4.79 Å². The Kier molecular flexibility index (Phi) is 6.21. The third-order valence-electron chi connectivity index (χ3n) is 3.22. The molecule has 122 valence electrons. The van der Waals surface area contributed by atoms with E-state index in [1.165, 1.54) is 19.5 Å². The minimum absolute atomic E-state index is 0.237. The molecule has 0 radical (unpaired) electrons. The lowest BCUT2D eigenvalue weighted by Gasteiger charge is -2.11. The largest absolute Gasteiger partial charge is 0.489 e. The molecule has 0 aliphatic rings. The predicted octanol–water partition coefficient (Wildman–Crippen LogP) is 3.01. The monoisotopic (exact) mass is 354 g/mol. The van der Waals surface area contributed by atoms with Gasteiger partial charge >= 0.3 is 5.97 Å². The van der Waals surface area contributed by atoms with Crippen molar-refractivity contribution in [3.05, 3.63) is 57.8 Å². The molecule has 1 aromatic carbocycles. The van der Waals surface area contributed by atoms with Crippen LogP contribution >= 0.6 is 23.2 Å². The van der Waals surface area contributed by atoms with E-state index < -0.39 is 12.0 Å². The Morgan fingerprint density at radius 2 is 1.83 bits per heavy atom. The van der Waals surface area contributed by atoms with E-state index in [-0.39, 0.29) is 6.61 Å². The molecule has 0 aliphatic heterocycles. The summed E-state index contributed by atoms with van der Waals surface area (Å²) < 4.78 is 10.3. The number of hydrogen-bond donors (Lipinski definition) is 1. The first-order valence-electron chi connectivity index (χ1n) is 6.84. The first kappa shape index (κ1) is 17.5. The van der Waals surface area contributed by atoms with E-state index in [0.717, 1.165) is 5.56 Å². The molecule has 7 heteroatoms. The van der Waals surface area contributed by atoms with E-state index in [2.05, 4.69) is 9.72 Å². The lowest BCUT2D eigenvalue weighted by atomic mass is 10.1. The molecular weight excluding hydrogens is 339 g/mol. The van der Waals surface area contributed by atoms with E-state index in [1.807, 2.05) is 12.1 Å². The van der Waals surface area contributed by atoms with Crippen LogP contribution in [0.3, 0.4) is 0 Å². The molecule has 0 bridgehead atoms. The summed E-state index contributed by atoms with van der Waals surface area (Å²) in [6, 6.07) is 6.59. The summed E-state index contributed by atoms with van der Waals surface area (Å²) in [6.45, 7) is 0.237. The average molecular weight is 355 g/mol. The molecule has 0 aliphatic carbocycles. The number of aromatic nitrogens is 1. The third-order valence-corrected chi connectivity index (χ3v) is 3.87. The van der Waals surface area contributed by atoms with Crippen LogP contribution in [0.1, 0.15) is 11.1 Å². The molecular formula is C16H16Cl2N2O3. The molecule has 1 aromatic heterocycles. The van der Waals surface area contributed by atoms with Gasteiger partial charge < -0.3 is 15.2 Å². The zero-order valence-corrected chi connectivity index (χ0v) is 14.0. The van der Waals surface area contributed by atoms with Gasteiger partial charge in [0.15, 0.2) is 0 Å². The van der Waals surface area contributed by atoms with Crippen LogP contribution in [0.5, 0.6) is 5.75 Å². The normalized spacial score (nSPS) is 11.8. The fourth-order valence-corrected chi connectivity index (χ4v) is 2.42. The molecule has 0 fully saturated rings. The number of benzene rings is 1. The minimum Gasteiger partial charge on any atom is -0.489 e.